The van der Waals surface area contributed by atoms with Crippen LogP contribution in [0.2, 0.25) is 0 Å². The molecule has 1 N–H and O–H groups in total. The molecule has 2 aliphatic rings. The normalized spacial score (nSPS) is 15.7. The van der Waals surface area contributed by atoms with Crippen LogP contribution in [0.25, 0.3) is 0 Å². The number of aromatic carboxylic acids is 1. The standard InChI is InChI=1S/C25H29NO6/c1-30-23-15-17(25(28)29)8-11-22(23)32-13-5-4-12-31-20-9-10-21-18(14-20)16-26(24(21)27)19-6-2-3-7-19/h8-11,14-15,19H,2-7,12-13,16H2,1H3,(H,28,29). The van der Waals surface area contributed by atoms with Crippen molar-refractivity contribution in [2.45, 2.75) is 51.1 Å². The Labute approximate surface area is 187 Å². The Hall–Kier alpha value is -3.22. The lowest BCUT2D eigenvalue weighted by molar-refractivity contribution is 0.0691. The largest absolute Gasteiger partial charge is 0.494 e. The van der Waals surface area contributed by atoms with Gasteiger partial charge in [0.15, 0.2) is 11.5 Å². The van der Waals surface area contributed by atoms with Gasteiger partial charge in [-0.1, -0.05) is 12.8 Å². The quantitative estimate of drug-likeness (QED) is 0.548. The minimum absolute atomic E-state index is 0.155. The van der Waals surface area contributed by atoms with Gasteiger partial charge in [0, 0.05) is 18.2 Å². The molecule has 170 valence electrons. The summed E-state index contributed by atoms with van der Waals surface area (Å²) in [5.41, 5.74) is 2.02. The second-order valence-electron chi connectivity index (χ2n) is 8.27. The highest BCUT2D eigenvalue weighted by Gasteiger charge is 2.34. The number of unbranched alkanes of at least 4 members (excludes halogenated alkanes) is 1. The maximum absolute atomic E-state index is 12.7. The van der Waals surface area contributed by atoms with Crippen LogP contribution in [0.4, 0.5) is 0 Å². The smallest absolute Gasteiger partial charge is 0.335 e. The van der Waals surface area contributed by atoms with Crippen LogP contribution in [-0.4, -0.2) is 48.2 Å². The minimum atomic E-state index is -1.01. The van der Waals surface area contributed by atoms with Crippen molar-refractivity contribution in [3.05, 3.63) is 53.1 Å². The van der Waals surface area contributed by atoms with Crippen LogP contribution in [-0.2, 0) is 6.54 Å². The van der Waals surface area contributed by atoms with Crippen molar-refractivity contribution in [2.24, 2.45) is 0 Å². The first-order valence-corrected chi connectivity index (χ1v) is 11.2. The molecule has 0 spiro atoms. The molecule has 2 aromatic rings. The highest BCUT2D eigenvalue weighted by atomic mass is 16.5. The van der Waals surface area contributed by atoms with Crippen LogP contribution in [0.5, 0.6) is 17.2 Å². The zero-order valence-electron chi connectivity index (χ0n) is 18.3. The number of fused-ring (bicyclic) bond motifs is 1. The van der Waals surface area contributed by atoms with Crippen molar-refractivity contribution in [1.29, 1.82) is 0 Å². The molecule has 0 aromatic heterocycles. The average molecular weight is 440 g/mol. The van der Waals surface area contributed by atoms with Gasteiger partial charge < -0.3 is 24.2 Å². The second-order valence-corrected chi connectivity index (χ2v) is 8.27. The van der Waals surface area contributed by atoms with Gasteiger partial charge in [-0.15, -0.1) is 0 Å². The number of hydrogen-bond donors (Lipinski definition) is 1. The van der Waals surface area contributed by atoms with E-state index in [2.05, 4.69) is 0 Å². The van der Waals surface area contributed by atoms with Crippen molar-refractivity contribution in [1.82, 2.24) is 4.90 Å². The summed E-state index contributed by atoms with van der Waals surface area (Å²) < 4.78 is 16.8. The first kappa shape index (κ1) is 22.0. The van der Waals surface area contributed by atoms with Gasteiger partial charge in [-0.3, -0.25) is 4.79 Å². The van der Waals surface area contributed by atoms with Crippen molar-refractivity contribution in [2.75, 3.05) is 20.3 Å². The molecule has 32 heavy (non-hydrogen) atoms. The van der Waals surface area contributed by atoms with Crippen LogP contribution in [0.15, 0.2) is 36.4 Å². The Bertz CT molecular complexity index is 982. The zero-order valence-corrected chi connectivity index (χ0v) is 18.3. The average Bonchev–Trinajstić information content (AvgIpc) is 3.44. The topological polar surface area (TPSA) is 85.3 Å². The summed E-state index contributed by atoms with van der Waals surface area (Å²) in [5.74, 6) is 0.863. The van der Waals surface area contributed by atoms with Crippen molar-refractivity contribution < 1.29 is 28.9 Å². The van der Waals surface area contributed by atoms with Gasteiger partial charge in [-0.05, 0) is 67.6 Å². The highest BCUT2D eigenvalue weighted by molar-refractivity contribution is 5.98. The number of amides is 1. The van der Waals surface area contributed by atoms with Crippen LogP contribution >= 0.6 is 0 Å². The molecular formula is C25H29NO6. The molecule has 0 atom stereocenters. The first-order chi connectivity index (χ1) is 15.6. The molecule has 1 aliphatic carbocycles. The monoisotopic (exact) mass is 439 g/mol. The summed E-state index contributed by atoms with van der Waals surface area (Å²) in [7, 11) is 1.48. The molecule has 7 heteroatoms. The van der Waals surface area contributed by atoms with Gasteiger partial charge in [0.1, 0.15) is 5.75 Å². The highest BCUT2D eigenvalue weighted by Crippen LogP contribution is 2.33. The molecule has 1 heterocycles. The molecule has 0 radical (unpaired) electrons. The lowest BCUT2D eigenvalue weighted by Gasteiger charge is -2.23. The second kappa shape index (κ2) is 9.94. The van der Waals surface area contributed by atoms with E-state index in [9.17, 15) is 9.59 Å². The van der Waals surface area contributed by atoms with Crippen LogP contribution < -0.4 is 14.2 Å². The molecule has 0 bridgehead atoms. The lowest BCUT2D eigenvalue weighted by Crippen LogP contribution is -2.33. The summed E-state index contributed by atoms with van der Waals surface area (Å²) in [6.07, 6.45) is 6.23. The van der Waals surface area contributed by atoms with E-state index in [1.54, 1.807) is 6.07 Å². The first-order valence-electron chi connectivity index (χ1n) is 11.2. The minimum Gasteiger partial charge on any atom is -0.494 e. The fourth-order valence-corrected chi connectivity index (χ4v) is 4.42. The molecule has 0 saturated heterocycles. The molecular weight excluding hydrogens is 410 g/mol. The summed E-state index contributed by atoms with van der Waals surface area (Å²) >= 11 is 0. The molecule has 0 unspecified atom stereocenters. The van der Waals surface area contributed by atoms with Crippen LogP contribution in [0.1, 0.15) is 64.8 Å². The van der Waals surface area contributed by atoms with Gasteiger partial charge in [0.05, 0.1) is 25.9 Å². The van der Waals surface area contributed by atoms with E-state index in [0.717, 1.165) is 42.6 Å². The molecule has 1 amide bonds. The van der Waals surface area contributed by atoms with Crippen molar-refractivity contribution in [3.8, 4) is 17.2 Å². The van der Waals surface area contributed by atoms with E-state index < -0.39 is 5.97 Å². The Balaban J connectivity index is 1.21. The zero-order chi connectivity index (χ0) is 22.5. The van der Waals surface area contributed by atoms with E-state index in [0.29, 0.717) is 37.3 Å². The maximum atomic E-state index is 12.7. The summed E-state index contributed by atoms with van der Waals surface area (Å²) in [4.78, 5) is 25.8. The van der Waals surface area contributed by atoms with Gasteiger partial charge >= 0.3 is 5.97 Å². The van der Waals surface area contributed by atoms with Crippen molar-refractivity contribution in [3.63, 3.8) is 0 Å². The molecule has 4 rings (SSSR count). The summed E-state index contributed by atoms with van der Waals surface area (Å²) in [6.45, 7) is 1.71. The van der Waals surface area contributed by atoms with E-state index in [1.807, 2.05) is 23.1 Å². The van der Waals surface area contributed by atoms with Crippen LogP contribution in [0, 0.1) is 0 Å². The Kier molecular flexibility index (Phi) is 6.83. The Morgan fingerprint density at radius 2 is 1.78 bits per heavy atom. The number of methoxy groups -OCH3 is 1. The Morgan fingerprint density at radius 1 is 1.03 bits per heavy atom. The van der Waals surface area contributed by atoms with Crippen molar-refractivity contribution >= 4 is 11.9 Å². The number of carbonyl (C=O) groups is 2. The van der Waals surface area contributed by atoms with E-state index in [4.69, 9.17) is 19.3 Å². The van der Waals surface area contributed by atoms with E-state index in [-0.39, 0.29) is 11.5 Å². The number of rotatable bonds is 10. The predicted molar refractivity (Wildman–Crippen MR) is 119 cm³/mol. The summed E-state index contributed by atoms with van der Waals surface area (Å²) in [6, 6.07) is 10.7. The number of carboxylic acids is 1. The molecule has 1 fully saturated rings. The Morgan fingerprint density at radius 3 is 2.50 bits per heavy atom. The third-order valence-corrected chi connectivity index (χ3v) is 6.15. The molecule has 2 aromatic carbocycles. The van der Waals surface area contributed by atoms with Crippen LogP contribution in [0.3, 0.4) is 0 Å². The predicted octanol–water partition coefficient (Wildman–Crippen LogP) is 4.53. The summed E-state index contributed by atoms with van der Waals surface area (Å²) in [5, 5.41) is 9.06. The SMILES string of the molecule is COc1cc(C(=O)O)ccc1OCCCCOc1ccc2c(c1)CN(C1CCCC1)C2=O. The van der Waals surface area contributed by atoms with Gasteiger partial charge in [0.2, 0.25) is 0 Å². The maximum Gasteiger partial charge on any atom is 0.335 e. The number of benzene rings is 2. The molecule has 7 nitrogen and oxygen atoms in total. The number of carbonyl (C=O) groups excluding carboxylic acids is 1. The number of carboxylic acid groups (broad SMARTS) is 1. The van der Waals surface area contributed by atoms with E-state index >= 15 is 0 Å². The van der Waals surface area contributed by atoms with Gasteiger partial charge in [0.25, 0.3) is 5.91 Å². The lowest BCUT2D eigenvalue weighted by atomic mass is 10.1. The molecule has 1 saturated carbocycles. The van der Waals surface area contributed by atoms with E-state index in [1.165, 1.54) is 32.1 Å². The number of hydrogen-bond acceptors (Lipinski definition) is 5. The fourth-order valence-electron chi connectivity index (χ4n) is 4.42. The van der Waals surface area contributed by atoms with Gasteiger partial charge in [-0.2, -0.15) is 0 Å². The molecule has 1 aliphatic heterocycles. The third kappa shape index (κ3) is 4.82. The third-order valence-electron chi connectivity index (χ3n) is 6.15. The number of ether oxygens (including phenoxy) is 3. The number of nitrogens with zero attached hydrogens (tertiary/aromatic N) is 1. The van der Waals surface area contributed by atoms with Gasteiger partial charge in [-0.25, -0.2) is 4.79 Å². The fraction of sp³-hybridized carbons (Fsp3) is 0.440.